The zero-order chi connectivity index (χ0) is 12.6. The quantitative estimate of drug-likeness (QED) is 0.771. The van der Waals surface area contributed by atoms with Crippen LogP contribution in [0.1, 0.15) is 4.79 Å². The number of ether oxygens (including phenoxy) is 1. The fourth-order valence-electron chi connectivity index (χ4n) is 1.55. The molecule has 3 nitrogen and oxygen atoms in total. The van der Waals surface area contributed by atoms with Gasteiger partial charge in [0, 0.05) is 17.6 Å². The number of nitrogens with zero attached hydrogens (tertiary/aromatic N) is 1. The highest BCUT2D eigenvalue weighted by atomic mass is 19.4. The lowest BCUT2D eigenvalue weighted by atomic mass is 10.2. The van der Waals surface area contributed by atoms with Gasteiger partial charge >= 0.3 is 12.1 Å². The molecule has 1 aromatic carbocycles. The molecule has 0 unspecified atom stereocenters. The van der Waals surface area contributed by atoms with Crippen LogP contribution in [0.3, 0.4) is 0 Å². The van der Waals surface area contributed by atoms with E-state index in [1.165, 1.54) is 19.2 Å². The van der Waals surface area contributed by atoms with Crippen LogP contribution in [0.25, 0.3) is 10.9 Å². The molecule has 0 N–H and O–H groups in total. The third kappa shape index (κ3) is 1.98. The van der Waals surface area contributed by atoms with Crippen LogP contribution in [0.15, 0.2) is 30.5 Å². The number of methoxy groups -OCH3 is 1. The molecule has 0 aliphatic rings. The molecule has 0 radical (unpaired) electrons. The van der Waals surface area contributed by atoms with Crippen LogP contribution < -0.4 is 4.74 Å². The molecule has 0 amide bonds. The molecule has 1 aromatic heterocycles. The Morgan fingerprint density at radius 3 is 2.59 bits per heavy atom. The number of hydrogen-bond donors (Lipinski definition) is 0. The molecule has 2 rings (SSSR count). The summed E-state index contributed by atoms with van der Waals surface area (Å²) < 4.78 is 42.4. The van der Waals surface area contributed by atoms with Crippen LogP contribution in [-0.2, 0) is 0 Å². The summed E-state index contributed by atoms with van der Waals surface area (Å²) in [7, 11) is 1.40. The van der Waals surface area contributed by atoms with Crippen LogP contribution in [0.4, 0.5) is 13.2 Å². The molecule has 0 fully saturated rings. The number of fused-ring (bicyclic) bond motifs is 1. The second kappa shape index (κ2) is 3.80. The molecule has 90 valence electrons. The van der Waals surface area contributed by atoms with Crippen LogP contribution in [0, 0.1) is 0 Å². The Balaban J connectivity index is 2.59. The number of hydrogen-bond acceptors (Lipinski definition) is 2. The summed E-state index contributed by atoms with van der Waals surface area (Å²) in [5.41, 5.74) is 0.173. The summed E-state index contributed by atoms with van der Waals surface area (Å²) in [5, 5.41) is 0.545. The Kier molecular flexibility index (Phi) is 2.57. The van der Waals surface area contributed by atoms with E-state index in [-0.39, 0.29) is 5.52 Å². The molecule has 0 saturated heterocycles. The summed E-state index contributed by atoms with van der Waals surface area (Å²) in [4.78, 5) is 11.1. The van der Waals surface area contributed by atoms with Gasteiger partial charge in [0.1, 0.15) is 5.75 Å². The molecule has 6 heteroatoms. The van der Waals surface area contributed by atoms with Gasteiger partial charge in [0.2, 0.25) is 0 Å². The summed E-state index contributed by atoms with van der Waals surface area (Å²) in [6.07, 6.45) is -3.80. The normalized spacial score (nSPS) is 11.8. The lowest BCUT2D eigenvalue weighted by molar-refractivity contribution is -0.0942. The molecule has 17 heavy (non-hydrogen) atoms. The first-order chi connectivity index (χ1) is 7.93. The summed E-state index contributed by atoms with van der Waals surface area (Å²) in [6.45, 7) is 0. The second-order valence-electron chi connectivity index (χ2n) is 3.41. The first-order valence-electron chi connectivity index (χ1n) is 4.70. The molecule has 0 saturated carbocycles. The molecule has 0 aliphatic carbocycles. The molecule has 0 spiro atoms. The SMILES string of the molecule is COc1ccc2ccn(C(=O)C(F)(F)F)c2c1. The van der Waals surface area contributed by atoms with Gasteiger partial charge in [-0.1, -0.05) is 0 Å². The monoisotopic (exact) mass is 243 g/mol. The highest BCUT2D eigenvalue weighted by Gasteiger charge is 2.40. The summed E-state index contributed by atoms with van der Waals surface area (Å²) in [6, 6.07) is 6.04. The zero-order valence-electron chi connectivity index (χ0n) is 8.78. The van der Waals surface area contributed by atoms with E-state index in [2.05, 4.69) is 0 Å². The van der Waals surface area contributed by atoms with E-state index < -0.39 is 12.1 Å². The zero-order valence-corrected chi connectivity index (χ0v) is 8.78. The highest BCUT2D eigenvalue weighted by molar-refractivity contribution is 5.95. The summed E-state index contributed by atoms with van der Waals surface area (Å²) in [5.74, 6) is -1.52. The Morgan fingerprint density at radius 2 is 2.00 bits per heavy atom. The van der Waals surface area contributed by atoms with Crippen molar-refractivity contribution in [2.75, 3.05) is 7.11 Å². The lowest BCUT2D eigenvalue weighted by Crippen LogP contribution is -2.28. The van der Waals surface area contributed by atoms with Gasteiger partial charge in [-0.2, -0.15) is 13.2 Å². The van der Waals surface area contributed by atoms with Gasteiger partial charge < -0.3 is 4.74 Å². The Morgan fingerprint density at radius 1 is 1.29 bits per heavy atom. The van der Waals surface area contributed by atoms with Crippen molar-refractivity contribution in [3.8, 4) is 5.75 Å². The fraction of sp³-hybridized carbons (Fsp3) is 0.182. The van der Waals surface area contributed by atoms with E-state index in [0.717, 1.165) is 6.20 Å². The number of carbonyl (C=O) groups is 1. The number of aromatic nitrogens is 1. The Hall–Kier alpha value is -1.98. The highest BCUT2D eigenvalue weighted by Crippen LogP contribution is 2.25. The maximum atomic E-state index is 12.3. The van der Waals surface area contributed by atoms with Gasteiger partial charge in [0.25, 0.3) is 0 Å². The third-order valence-electron chi connectivity index (χ3n) is 2.36. The van der Waals surface area contributed by atoms with E-state index in [1.54, 1.807) is 12.1 Å². The molecular weight excluding hydrogens is 235 g/mol. The number of carbonyl (C=O) groups excluding carboxylic acids is 1. The minimum Gasteiger partial charge on any atom is -0.497 e. The predicted octanol–water partition coefficient (Wildman–Crippen LogP) is 2.85. The molecule has 1 heterocycles. The maximum absolute atomic E-state index is 12.3. The van der Waals surface area contributed by atoms with Crippen LogP contribution in [-0.4, -0.2) is 23.8 Å². The van der Waals surface area contributed by atoms with Crippen molar-refractivity contribution < 1.29 is 22.7 Å². The van der Waals surface area contributed by atoms with E-state index >= 15 is 0 Å². The van der Waals surface area contributed by atoms with Crippen molar-refractivity contribution >= 4 is 16.8 Å². The number of benzene rings is 1. The average molecular weight is 243 g/mol. The fourth-order valence-corrected chi connectivity index (χ4v) is 1.55. The maximum Gasteiger partial charge on any atom is 0.472 e. The van der Waals surface area contributed by atoms with Crippen molar-refractivity contribution in [2.24, 2.45) is 0 Å². The van der Waals surface area contributed by atoms with Crippen LogP contribution in [0.5, 0.6) is 5.75 Å². The van der Waals surface area contributed by atoms with Gasteiger partial charge in [0.05, 0.1) is 12.6 Å². The van der Waals surface area contributed by atoms with Crippen molar-refractivity contribution in [3.63, 3.8) is 0 Å². The number of halogens is 3. The molecule has 0 atom stereocenters. The summed E-state index contributed by atoms with van der Waals surface area (Å²) >= 11 is 0. The van der Waals surface area contributed by atoms with Gasteiger partial charge in [-0.25, -0.2) is 0 Å². The topological polar surface area (TPSA) is 31.2 Å². The van der Waals surface area contributed by atoms with Crippen molar-refractivity contribution in [3.05, 3.63) is 30.5 Å². The van der Waals surface area contributed by atoms with E-state index in [4.69, 9.17) is 4.74 Å². The lowest BCUT2D eigenvalue weighted by Gasteiger charge is -2.07. The second-order valence-corrected chi connectivity index (χ2v) is 3.41. The van der Waals surface area contributed by atoms with Gasteiger partial charge in [-0.15, -0.1) is 0 Å². The third-order valence-corrected chi connectivity index (χ3v) is 2.36. The van der Waals surface area contributed by atoms with Gasteiger partial charge in [-0.05, 0) is 18.2 Å². The van der Waals surface area contributed by atoms with Gasteiger partial charge in [0.15, 0.2) is 0 Å². The molecule has 0 bridgehead atoms. The molecular formula is C11H8F3NO2. The van der Waals surface area contributed by atoms with Crippen molar-refractivity contribution in [2.45, 2.75) is 6.18 Å². The number of rotatable bonds is 1. The first kappa shape index (κ1) is 11.5. The van der Waals surface area contributed by atoms with Crippen LogP contribution >= 0.6 is 0 Å². The number of alkyl halides is 3. The van der Waals surface area contributed by atoms with Crippen LogP contribution in [0.2, 0.25) is 0 Å². The minimum absolute atomic E-state index is 0.173. The smallest absolute Gasteiger partial charge is 0.472 e. The largest absolute Gasteiger partial charge is 0.497 e. The standard InChI is InChI=1S/C11H8F3NO2/c1-17-8-3-2-7-4-5-15(9(7)6-8)10(16)11(12,13)14/h2-6H,1H3. The van der Waals surface area contributed by atoms with Gasteiger partial charge in [-0.3, -0.25) is 9.36 Å². The van der Waals surface area contributed by atoms with Crippen molar-refractivity contribution in [1.82, 2.24) is 4.57 Å². The van der Waals surface area contributed by atoms with E-state index in [1.807, 2.05) is 0 Å². The molecule has 2 aromatic rings. The predicted molar refractivity (Wildman–Crippen MR) is 55.2 cm³/mol. The van der Waals surface area contributed by atoms with Crippen molar-refractivity contribution in [1.29, 1.82) is 0 Å². The van der Waals surface area contributed by atoms with E-state index in [9.17, 15) is 18.0 Å². The Labute approximate surface area is 94.4 Å². The average Bonchev–Trinajstić information content (AvgIpc) is 2.69. The van der Waals surface area contributed by atoms with E-state index in [0.29, 0.717) is 15.7 Å². The molecule has 0 aliphatic heterocycles. The first-order valence-corrected chi connectivity index (χ1v) is 4.70. The minimum atomic E-state index is -4.89. The Bertz CT molecular complexity index is 572.